The topological polar surface area (TPSA) is 49.4 Å². The molecule has 0 saturated carbocycles. The normalized spacial score (nSPS) is 11.6. The zero-order valence-electron chi connectivity index (χ0n) is 8.13. The maximum Gasteiger partial charge on any atom is 1.00 e. The van der Waals surface area contributed by atoms with Gasteiger partial charge in [-0.1, -0.05) is 26.7 Å². The van der Waals surface area contributed by atoms with E-state index < -0.39 is 5.97 Å². The Morgan fingerprint density at radius 3 is 2.42 bits per heavy atom. The minimum atomic E-state index is -0.610. The Hall–Kier alpha value is 1.07. The summed E-state index contributed by atoms with van der Waals surface area (Å²) in [5.41, 5.74) is 0. The average Bonchev–Trinajstić information content (AvgIpc) is 2.05. The molecule has 0 aliphatic carbocycles. The largest absolute Gasteiger partial charge is 1.00 e. The summed E-state index contributed by atoms with van der Waals surface area (Å²) in [6.45, 7) is 3.94. The summed E-state index contributed by atoms with van der Waals surface area (Å²) in [7, 11) is 0. The van der Waals surface area contributed by atoms with Crippen LogP contribution >= 0.6 is 0 Å². The van der Waals surface area contributed by atoms with Crippen LogP contribution in [0.3, 0.4) is 0 Å². The van der Waals surface area contributed by atoms with E-state index in [9.17, 15) is 10.1 Å². The molecule has 0 heterocycles. The van der Waals surface area contributed by atoms with Crippen molar-refractivity contribution in [2.45, 2.75) is 39.5 Å². The Morgan fingerprint density at radius 1 is 1.50 bits per heavy atom. The molecule has 0 fully saturated rings. The Morgan fingerprint density at radius 2 is 2.08 bits per heavy atom. The third-order valence-electron chi connectivity index (χ3n) is 1.81. The third-order valence-corrected chi connectivity index (χ3v) is 1.81. The minimum absolute atomic E-state index is 0. The molecule has 66 valence electrons. The van der Waals surface area contributed by atoms with Crippen molar-refractivity contribution < 1.29 is 66.3 Å². The first-order valence-electron chi connectivity index (χ1n) is 4.09. The number of carbonyl (C=O) groups is 1. The van der Waals surface area contributed by atoms with Crippen LogP contribution in [0.25, 0.3) is 0 Å². The maximum absolute atomic E-state index is 10.7. The van der Waals surface area contributed by atoms with Crippen LogP contribution in [-0.4, -0.2) is 5.97 Å². The van der Waals surface area contributed by atoms with Crippen molar-refractivity contribution in [1.29, 1.82) is 0 Å². The van der Waals surface area contributed by atoms with Crippen molar-refractivity contribution in [3.05, 3.63) is 0 Å². The fraction of sp³-hybridized carbons (Fsp3) is 0.875. The second-order valence-corrected chi connectivity index (χ2v) is 2.65. The summed E-state index contributed by atoms with van der Waals surface area (Å²) in [5, 5.41) is 9.74. The molecule has 0 saturated heterocycles. The van der Waals surface area contributed by atoms with Crippen molar-refractivity contribution >= 4 is 5.97 Å². The van der Waals surface area contributed by atoms with Crippen molar-refractivity contribution in [1.82, 2.24) is 0 Å². The second kappa shape index (κ2) is 10.1. The SMILES string of the molecule is CCCCC(CC)C(=O)O[O-].[K+]. The first kappa shape index (κ1) is 15.5. The molecule has 0 spiro atoms. The molecule has 3 nitrogen and oxygen atoms in total. The molecule has 0 rings (SSSR count). The van der Waals surface area contributed by atoms with E-state index in [0.717, 1.165) is 19.3 Å². The summed E-state index contributed by atoms with van der Waals surface area (Å²) >= 11 is 0. The molecule has 0 aliphatic heterocycles. The molecule has 12 heavy (non-hydrogen) atoms. The predicted octanol–water partition coefficient (Wildman–Crippen LogP) is -1.97. The molecular weight excluding hydrogens is 183 g/mol. The molecule has 0 aromatic rings. The Bertz CT molecular complexity index is 117. The van der Waals surface area contributed by atoms with Crippen LogP contribution in [0, 0.1) is 5.92 Å². The number of unbranched alkanes of at least 4 members (excludes halogenated alkanes) is 1. The summed E-state index contributed by atoms with van der Waals surface area (Å²) in [5.74, 6) is -0.798. The van der Waals surface area contributed by atoms with Gasteiger partial charge in [-0.15, -0.1) is 0 Å². The molecule has 1 unspecified atom stereocenters. The first-order valence-corrected chi connectivity index (χ1v) is 4.09. The van der Waals surface area contributed by atoms with E-state index in [1.807, 2.05) is 6.92 Å². The Labute approximate surface area is 116 Å². The zero-order valence-corrected chi connectivity index (χ0v) is 11.3. The molecule has 0 aliphatic rings. The quantitative estimate of drug-likeness (QED) is 0.292. The van der Waals surface area contributed by atoms with E-state index in [-0.39, 0.29) is 57.3 Å². The van der Waals surface area contributed by atoms with Gasteiger partial charge < -0.3 is 10.1 Å². The third kappa shape index (κ3) is 6.57. The number of rotatable bonds is 5. The molecule has 0 amide bonds. The minimum Gasteiger partial charge on any atom is -0.662 e. The molecule has 1 atom stereocenters. The molecule has 4 heteroatoms. The second-order valence-electron chi connectivity index (χ2n) is 2.65. The van der Waals surface area contributed by atoms with Crippen molar-refractivity contribution in [3.8, 4) is 0 Å². The van der Waals surface area contributed by atoms with Gasteiger partial charge in [0.25, 0.3) is 0 Å². The molecule has 0 N–H and O–H groups in total. The van der Waals surface area contributed by atoms with Gasteiger partial charge in [-0.05, 0) is 12.8 Å². The Balaban J connectivity index is 0. The van der Waals surface area contributed by atoms with Crippen LogP contribution in [0.5, 0.6) is 0 Å². The standard InChI is InChI=1S/C8H16O3.K/c1-3-5-6-7(4-2)8(9)11-10;/h7,10H,3-6H2,1-2H3;/q;+1/p-1. The summed E-state index contributed by atoms with van der Waals surface area (Å²) in [6.07, 6.45) is 3.49. The van der Waals surface area contributed by atoms with E-state index in [1.165, 1.54) is 0 Å². The Kier molecular flexibility index (Phi) is 13.1. The molecular formula is C8H15KO3. The number of hydrogen-bond acceptors (Lipinski definition) is 3. The van der Waals surface area contributed by atoms with Crippen molar-refractivity contribution in [2.24, 2.45) is 5.92 Å². The number of carbonyl (C=O) groups excluding carboxylic acids is 1. The van der Waals surface area contributed by atoms with Gasteiger partial charge in [0.15, 0.2) is 0 Å². The number of hydrogen-bond donors (Lipinski definition) is 0. The summed E-state index contributed by atoms with van der Waals surface area (Å²) in [4.78, 5) is 14.1. The monoisotopic (exact) mass is 198 g/mol. The first-order chi connectivity index (χ1) is 5.26. The van der Waals surface area contributed by atoms with Crippen LogP contribution in [0.2, 0.25) is 0 Å². The van der Waals surface area contributed by atoms with Crippen LogP contribution in [0.15, 0.2) is 0 Å². The molecule has 0 aromatic heterocycles. The van der Waals surface area contributed by atoms with Crippen molar-refractivity contribution in [3.63, 3.8) is 0 Å². The zero-order chi connectivity index (χ0) is 8.69. The summed E-state index contributed by atoms with van der Waals surface area (Å²) < 4.78 is 0. The fourth-order valence-corrected chi connectivity index (χ4v) is 1.01. The molecule has 0 aromatic carbocycles. The average molecular weight is 198 g/mol. The van der Waals surface area contributed by atoms with Crippen molar-refractivity contribution in [2.75, 3.05) is 0 Å². The fourth-order valence-electron chi connectivity index (χ4n) is 1.01. The van der Waals surface area contributed by atoms with E-state index in [1.54, 1.807) is 0 Å². The van der Waals surface area contributed by atoms with Gasteiger partial charge in [-0.3, -0.25) is 4.79 Å². The molecule has 0 bridgehead atoms. The van der Waals surface area contributed by atoms with E-state index in [4.69, 9.17) is 0 Å². The van der Waals surface area contributed by atoms with Gasteiger partial charge in [0.1, 0.15) is 0 Å². The molecule has 0 radical (unpaired) electrons. The van der Waals surface area contributed by atoms with Gasteiger partial charge in [-0.2, -0.15) is 0 Å². The van der Waals surface area contributed by atoms with Crippen LogP contribution in [0.1, 0.15) is 39.5 Å². The van der Waals surface area contributed by atoms with Gasteiger partial charge in [-0.25, -0.2) is 0 Å². The summed E-state index contributed by atoms with van der Waals surface area (Å²) in [6, 6.07) is 0. The predicted molar refractivity (Wildman–Crippen MR) is 39.4 cm³/mol. The van der Waals surface area contributed by atoms with E-state index >= 15 is 0 Å². The van der Waals surface area contributed by atoms with Crippen LogP contribution < -0.4 is 56.6 Å². The van der Waals surface area contributed by atoms with Gasteiger partial charge >= 0.3 is 57.4 Å². The van der Waals surface area contributed by atoms with Gasteiger partial charge in [0.05, 0.1) is 5.92 Å². The van der Waals surface area contributed by atoms with Crippen LogP contribution in [-0.2, 0) is 9.68 Å². The maximum atomic E-state index is 10.7. The van der Waals surface area contributed by atoms with Gasteiger partial charge in [0.2, 0.25) is 0 Å². The smallest absolute Gasteiger partial charge is 0.662 e. The van der Waals surface area contributed by atoms with Crippen LogP contribution in [0.4, 0.5) is 0 Å². The van der Waals surface area contributed by atoms with E-state index in [2.05, 4.69) is 11.8 Å². The van der Waals surface area contributed by atoms with E-state index in [0.29, 0.717) is 6.42 Å². The van der Waals surface area contributed by atoms with Gasteiger partial charge in [0, 0.05) is 0 Å².